The average Bonchev–Trinajstić information content (AvgIpc) is 2.40. The molecule has 1 rings (SSSR count). The lowest BCUT2D eigenvalue weighted by Crippen LogP contribution is -2.38. The maximum absolute atomic E-state index is 11.6. The second kappa shape index (κ2) is 6.24. The van der Waals surface area contributed by atoms with Gasteiger partial charge in [-0.15, -0.1) is 0 Å². The highest BCUT2D eigenvalue weighted by Gasteiger charge is 2.22. The predicted molar refractivity (Wildman–Crippen MR) is 66.8 cm³/mol. The Bertz CT molecular complexity index is 248. The maximum atomic E-state index is 11.6. The number of hydrogen-bond donors (Lipinski definition) is 2. The van der Waals surface area contributed by atoms with Gasteiger partial charge < -0.3 is 15.2 Å². The van der Waals surface area contributed by atoms with Gasteiger partial charge in [0.1, 0.15) is 5.60 Å². The Morgan fingerprint density at radius 2 is 2.00 bits per heavy atom. The molecule has 0 heterocycles. The second-order valence-electron chi connectivity index (χ2n) is 5.90. The summed E-state index contributed by atoms with van der Waals surface area (Å²) >= 11 is 0. The van der Waals surface area contributed by atoms with Gasteiger partial charge in [0.2, 0.25) is 0 Å². The fraction of sp³-hybridized carbons (Fsp3) is 0.923. The number of carbonyl (C=O) groups excluding carboxylic acids is 1. The molecule has 0 saturated heterocycles. The minimum Gasteiger partial charge on any atom is -0.444 e. The fourth-order valence-corrected chi connectivity index (χ4v) is 2.18. The minimum absolute atomic E-state index is 0.196. The Morgan fingerprint density at radius 3 is 2.59 bits per heavy atom. The number of aliphatic hydroxyl groups excluding tert-OH is 1. The Hall–Kier alpha value is -0.770. The molecule has 0 bridgehead atoms. The molecular formula is C13H25NO3. The largest absolute Gasteiger partial charge is 0.444 e. The van der Waals surface area contributed by atoms with Crippen molar-refractivity contribution >= 4 is 6.09 Å². The molecule has 1 aliphatic carbocycles. The summed E-state index contributed by atoms with van der Waals surface area (Å²) in [6.45, 7) is 5.85. The summed E-state index contributed by atoms with van der Waals surface area (Å²) in [4.78, 5) is 11.6. The van der Waals surface area contributed by atoms with Gasteiger partial charge in [0.15, 0.2) is 0 Å². The van der Waals surface area contributed by atoms with E-state index in [1.807, 2.05) is 20.8 Å². The molecule has 4 heteroatoms. The highest BCUT2D eigenvalue weighted by molar-refractivity contribution is 5.68. The molecule has 2 N–H and O–H groups in total. The molecule has 0 aliphatic heterocycles. The number of carbonyl (C=O) groups is 1. The lowest BCUT2D eigenvalue weighted by Gasteiger charge is -2.23. The number of hydrogen-bond acceptors (Lipinski definition) is 3. The molecule has 0 aromatic rings. The van der Waals surface area contributed by atoms with E-state index in [1.165, 1.54) is 0 Å². The Labute approximate surface area is 104 Å². The van der Waals surface area contributed by atoms with Gasteiger partial charge in [-0.2, -0.15) is 0 Å². The first kappa shape index (κ1) is 14.3. The molecule has 1 amide bonds. The number of amides is 1. The van der Waals surface area contributed by atoms with Crippen LogP contribution in [0, 0.1) is 5.92 Å². The number of nitrogens with one attached hydrogen (secondary N) is 1. The van der Waals surface area contributed by atoms with Crippen LogP contribution in [-0.4, -0.2) is 29.4 Å². The number of ether oxygens (including phenoxy) is 1. The molecule has 17 heavy (non-hydrogen) atoms. The van der Waals surface area contributed by atoms with Gasteiger partial charge in [0, 0.05) is 12.6 Å². The van der Waals surface area contributed by atoms with Crippen molar-refractivity contribution in [3.63, 3.8) is 0 Å². The first-order valence-electron chi connectivity index (χ1n) is 6.51. The van der Waals surface area contributed by atoms with Gasteiger partial charge in [-0.05, 0) is 52.4 Å². The third kappa shape index (κ3) is 5.91. The van der Waals surface area contributed by atoms with Crippen molar-refractivity contribution in [1.29, 1.82) is 0 Å². The van der Waals surface area contributed by atoms with Gasteiger partial charge in [0.25, 0.3) is 0 Å². The van der Waals surface area contributed by atoms with Crippen LogP contribution < -0.4 is 5.32 Å². The van der Waals surface area contributed by atoms with E-state index in [-0.39, 0.29) is 18.7 Å². The van der Waals surface area contributed by atoms with Crippen LogP contribution in [0.2, 0.25) is 0 Å². The quantitative estimate of drug-likeness (QED) is 0.732. The summed E-state index contributed by atoms with van der Waals surface area (Å²) in [5.74, 6) is 0.403. The summed E-state index contributed by atoms with van der Waals surface area (Å²) < 4.78 is 5.24. The number of aliphatic hydroxyl groups is 1. The molecule has 2 atom stereocenters. The van der Waals surface area contributed by atoms with E-state index in [0.717, 1.165) is 32.1 Å². The lowest BCUT2D eigenvalue weighted by molar-refractivity contribution is 0.0499. The molecular weight excluding hydrogens is 218 g/mol. The maximum Gasteiger partial charge on any atom is 0.407 e. The summed E-state index contributed by atoms with van der Waals surface area (Å²) in [7, 11) is 0. The zero-order valence-corrected chi connectivity index (χ0v) is 11.2. The highest BCUT2D eigenvalue weighted by atomic mass is 16.6. The third-order valence-corrected chi connectivity index (χ3v) is 3.07. The first-order chi connectivity index (χ1) is 7.90. The van der Waals surface area contributed by atoms with Crippen LogP contribution in [0.4, 0.5) is 4.79 Å². The Balaban J connectivity index is 2.34. The normalized spacial score (nSPS) is 26.1. The third-order valence-electron chi connectivity index (χ3n) is 3.07. The van der Waals surface area contributed by atoms with Crippen LogP contribution >= 0.6 is 0 Å². The topological polar surface area (TPSA) is 58.6 Å². The smallest absolute Gasteiger partial charge is 0.407 e. The monoisotopic (exact) mass is 243 g/mol. The fourth-order valence-electron chi connectivity index (χ4n) is 2.18. The molecule has 4 nitrogen and oxygen atoms in total. The molecule has 0 spiro atoms. The van der Waals surface area contributed by atoms with E-state index in [9.17, 15) is 4.79 Å². The molecule has 1 saturated carbocycles. The standard InChI is InChI=1S/C13H25NO3/c1-13(2,3)17-12(16)14-11-6-4-5-10(9-15)7-8-11/h10-11,15H,4-9H2,1-3H3,(H,14,16). The molecule has 1 aliphatic rings. The van der Waals surface area contributed by atoms with Crippen molar-refractivity contribution in [2.24, 2.45) is 5.92 Å². The van der Waals surface area contributed by atoms with E-state index < -0.39 is 5.60 Å². The highest BCUT2D eigenvalue weighted by Crippen LogP contribution is 2.23. The summed E-state index contributed by atoms with van der Waals surface area (Å²) in [6, 6.07) is 0.196. The van der Waals surface area contributed by atoms with E-state index >= 15 is 0 Å². The second-order valence-corrected chi connectivity index (χ2v) is 5.90. The van der Waals surface area contributed by atoms with Gasteiger partial charge in [-0.1, -0.05) is 6.42 Å². The van der Waals surface area contributed by atoms with Crippen molar-refractivity contribution in [1.82, 2.24) is 5.32 Å². The molecule has 100 valence electrons. The van der Waals surface area contributed by atoms with Crippen LogP contribution in [0.25, 0.3) is 0 Å². The minimum atomic E-state index is -0.442. The first-order valence-corrected chi connectivity index (χ1v) is 6.51. The van der Waals surface area contributed by atoms with Gasteiger partial charge >= 0.3 is 6.09 Å². The van der Waals surface area contributed by atoms with Gasteiger partial charge in [0.05, 0.1) is 0 Å². The summed E-state index contributed by atoms with van der Waals surface area (Å²) in [6.07, 6.45) is 4.69. The van der Waals surface area contributed by atoms with E-state index in [1.54, 1.807) is 0 Å². The Morgan fingerprint density at radius 1 is 1.29 bits per heavy atom. The SMILES string of the molecule is CC(C)(C)OC(=O)NC1CCCC(CO)CC1. The van der Waals surface area contributed by atoms with Crippen LogP contribution in [0.1, 0.15) is 52.9 Å². The number of rotatable bonds is 2. The van der Waals surface area contributed by atoms with Crippen molar-refractivity contribution in [3.05, 3.63) is 0 Å². The Kier molecular flexibility index (Phi) is 5.25. The van der Waals surface area contributed by atoms with Gasteiger partial charge in [-0.25, -0.2) is 4.79 Å². The van der Waals surface area contributed by atoms with Crippen molar-refractivity contribution in [3.8, 4) is 0 Å². The summed E-state index contributed by atoms with van der Waals surface area (Å²) in [5.41, 5.74) is -0.442. The van der Waals surface area contributed by atoms with Crippen molar-refractivity contribution in [2.75, 3.05) is 6.61 Å². The van der Waals surface area contributed by atoms with E-state index in [2.05, 4.69) is 5.32 Å². The molecule has 0 aromatic heterocycles. The summed E-state index contributed by atoms with van der Waals surface area (Å²) in [5, 5.41) is 12.0. The zero-order valence-electron chi connectivity index (χ0n) is 11.2. The van der Waals surface area contributed by atoms with Crippen molar-refractivity contribution < 1.29 is 14.6 Å². The zero-order chi connectivity index (χ0) is 12.9. The van der Waals surface area contributed by atoms with Gasteiger partial charge in [-0.3, -0.25) is 0 Å². The average molecular weight is 243 g/mol. The van der Waals surface area contributed by atoms with E-state index in [0.29, 0.717) is 5.92 Å². The van der Waals surface area contributed by atoms with Crippen molar-refractivity contribution in [2.45, 2.75) is 64.5 Å². The molecule has 0 aromatic carbocycles. The number of alkyl carbamates (subject to hydrolysis) is 1. The predicted octanol–water partition coefficient (Wildman–Crippen LogP) is 2.45. The van der Waals surface area contributed by atoms with Crippen LogP contribution in [0.15, 0.2) is 0 Å². The molecule has 1 fully saturated rings. The van der Waals surface area contributed by atoms with Crippen LogP contribution in [-0.2, 0) is 4.74 Å². The molecule has 0 radical (unpaired) electrons. The lowest BCUT2D eigenvalue weighted by atomic mass is 10.0. The molecule has 2 unspecified atom stereocenters. The van der Waals surface area contributed by atoms with Crippen LogP contribution in [0.3, 0.4) is 0 Å². The van der Waals surface area contributed by atoms with Crippen LogP contribution in [0.5, 0.6) is 0 Å². The van der Waals surface area contributed by atoms with E-state index in [4.69, 9.17) is 9.84 Å².